The van der Waals surface area contributed by atoms with Crippen LogP contribution >= 0.6 is 0 Å². The minimum absolute atomic E-state index is 0.0270. The number of benzene rings is 1. The second-order valence-corrected chi connectivity index (χ2v) is 4.82. The molecule has 0 saturated heterocycles. The number of anilines is 1. The van der Waals surface area contributed by atoms with E-state index in [2.05, 4.69) is 5.32 Å². The van der Waals surface area contributed by atoms with Crippen LogP contribution in [-0.2, 0) is 9.59 Å². The summed E-state index contributed by atoms with van der Waals surface area (Å²) in [5.74, 6) is -0.989. The maximum Gasteiger partial charge on any atom is 0.346 e. The lowest BCUT2D eigenvalue weighted by molar-refractivity contribution is -0.145. The van der Waals surface area contributed by atoms with Gasteiger partial charge in [0.2, 0.25) is 12.0 Å². The third kappa shape index (κ3) is 2.75. The maximum absolute atomic E-state index is 12.5. The van der Waals surface area contributed by atoms with Crippen molar-refractivity contribution in [2.75, 3.05) is 25.0 Å². The van der Waals surface area contributed by atoms with Crippen LogP contribution in [0.3, 0.4) is 0 Å². The van der Waals surface area contributed by atoms with Gasteiger partial charge in [-0.15, -0.1) is 0 Å². The van der Waals surface area contributed by atoms with Crippen LogP contribution in [0.5, 0.6) is 5.75 Å². The van der Waals surface area contributed by atoms with Gasteiger partial charge in [0.15, 0.2) is 0 Å². The van der Waals surface area contributed by atoms with E-state index in [1.165, 1.54) is 4.90 Å². The lowest BCUT2D eigenvalue weighted by atomic mass is 10.1. The normalized spacial score (nSPS) is 18.9. The van der Waals surface area contributed by atoms with E-state index in [-0.39, 0.29) is 18.4 Å². The molecule has 1 aliphatic heterocycles. The number of carbonyl (C=O) groups excluding carboxylic acids is 1. The minimum Gasteiger partial charge on any atom is -0.478 e. The molecule has 1 heterocycles. The highest BCUT2D eigenvalue weighted by Gasteiger charge is 2.34. The first-order valence-electron chi connectivity index (χ1n) is 6.49. The number of rotatable bonds is 4. The molecule has 0 aliphatic carbocycles. The number of carboxylic acid groups (broad SMARTS) is 1. The molecular formula is C14H18N2O4. The number of ether oxygens (including phenoxy) is 1. The third-order valence-corrected chi connectivity index (χ3v) is 3.25. The Morgan fingerprint density at radius 3 is 2.85 bits per heavy atom. The Bertz CT molecular complexity index is 518. The van der Waals surface area contributed by atoms with Crippen molar-refractivity contribution in [2.45, 2.75) is 13.0 Å². The Labute approximate surface area is 117 Å². The van der Waals surface area contributed by atoms with Crippen LogP contribution in [-0.4, -0.2) is 43.2 Å². The molecule has 0 fully saturated rings. The lowest BCUT2D eigenvalue weighted by Gasteiger charge is -2.34. The molecule has 6 nitrogen and oxygen atoms in total. The van der Waals surface area contributed by atoms with Crippen LogP contribution in [0, 0.1) is 5.92 Å². The van der Waals surface area contributed by atoms with Crippen molar-refractivity contribution in [3.05, 3.63) is 24.3 Å². The minimum atomic E-state index is -1.07. The molecular weight excluding hydrogens is 260 g/mol. The van der Waals surface area contributed by atoms with Crippen molar-refractivity contribution in [1.29, 1.82) is 0 Å². The summed E-state index contributed by atoms with van der Waals surface area (Å²) >= 11 is 0. The number of hydrogen-bond donors (Lipinski definition) is 2. The van der Waals surface area contributed by atoms with Crippen molar-refractivity contribution in [2.24, 2.45) is 5.92 Å². The van der Waals surface area contributed by atoms with Gasteiger partial charge in [-0.25, -0.2) is 4.79 Å². The Morgan fingerprint density at radius 1 is 1.50 bits per heavy atom. The number of carboxylic acids is 1. The van der Waals surface area contributed by atoms with Gasteiger partial charge >= 0.3 is 5.97 Å². The average molecular weight is 278 g/mol. The number of nitrogens with one attached hydrogen (secondary N) is 1. The molecule has 20 heavy (non-hydrogen) atoms. The highest BCUT2D eigenvalue weighted by atomic mass is 16.5. The average Bonchev–Trinajstić information content (AvgIpc) is 2.45. The summed E-state index contributed by atoms with van der Waals surface area (Å²) in [5.41, 5.74) is 0.623. The Kier molecular flexibility index (Phi) is 4.24. The zero-order valence-corrected chi connectivity index (χ0v) is 11.5. The summed E-state index contributed by atoms with van der Waals surface area (Å²) in [6.07, 6.45) is -1.03. The monoisotopic (exact) mass is 278 g/mol. The van der Waals surface area contributed by atoms with Crippen LogP contribution in [0.15, 0.2) is 24.3 Å². The van der Waals surface area contributed by atoms with E-state index in [0.717, 1.165) is 0 Å². The van der Waals surface area contributed by atoms with Crippen LogP contribution in [0.25, 0.3) is 0 Å². The zero-order chi connectivity index (χ0) is 14.7. The summed E-state index contributed by atoms with van der Waals surface area (Å²) in [4.78, 5) is 25.1. The Hall–Kier alpha value is -2.08. The van der Waals surface area contributed by atoms with E-state index < -0.39 is 12.1 Å². The molecule has 0 aromatic heterocycles. The van der Waals surface area contributed by atoms with Gasteiger partial charge in [-0.05, 0) is 19.2 Å². The smallest absolute Gasteiger partial charge is 0.346 e. The third-order valence-electron chi connectivity index (χ3n) is 3.25. The summed E-state index contributed by atoms with van der Waals surface area (Å²) < 4.78 is 5.40. The van der Waals surface area contributed by atoms with Crippen LogP contribution in [0.1, 0.15) is 6.92 Å². The molecule has 0 radical (unpaired) electrons. The van der Waals surface area contributed by atoms with Crippen molar-refractivity contribution in [3.8, 4) is 5.75 Å². The molecule has 1 amide bonds. The lowest BCUT2D eigenvalue weighted by Crippen LogP contribution is -2.49. The Balaban J connectivity index is 2.31. The van der Waals surface area contributed by atoms with E-state index in [9.17, 15) is 9.59 Å². The zero-order valence-electron chi connectivity index (χ0n) is 11.5. The molecule has 1 aromatic rings. The van der Waals surface area contributed by atoms with Gasteiger partial charge in [0.1, 0.15) is 5.75 Å². The van der Waals surface area contributed by atoms with Crippen molar-refractivity contribution in [3.63, 3.8) is 0 Å². The first kappa shape index (κ1) is 14.3. The number of carbonyl (C=O) groups is 2. The van der Waals surface area contributed by atoms with Gasteiger partial charge in [0.05, 0.1) is 12.2 Å². The maximum atomic E-state index is 12.5. The molecule has 1 aliphatic rings. The van der Waals surface area contributed by atoms with Gasteiger partial charge in [-0.1, -0.05) is 19.1 Å². The summed E-state index contributed by atoms with van der Waals surface area (Å²) in [5, 5.41) is 12.1. The first-order valence-corrected chi connectivity index (χ1v) is 6.49. The Morgan fingerprint density at radius 2 is 2.20 bits per heavy atom. The van der Waals surface area contributed by atoms with E-state index in [4.69, 9.17) is 9.84 Å². The molecule has 108 valence electrons. The summed E-state index contributed by atoms with van der Waals surface area (Å²) in [6.45, 7) is 2.38. The molecule has 2 rings (SSSR count). The molecule has 2 N–H and O–H groups in total. The summed E-state index contributed by atoms with van der Waals surface area (Å²) in [6, 6.07) is 6.99. The first-order chi connectivity index (χ1) is 9.54. The topological polar surface area (TPSA) is 78.9 Å². The van der Waals surface area contributed by atoms with Gasteiger partial charge in [0, 0.05) is 12.5 Å². The van der Waals surface area contributed by atoms with Gasteiger partial charge in [-0.2, -0.15) is 0 Å². The number of amides is 1. The largest absolute Gasteiger partial charge is 0.478 e. The number of nitrogens with zero attached hydrogens (tertiary/aromatic N) is 1. The predicted octanol–water partition coefficient (Wildman–Crippen LogP) is 0.721. The second-order valence-electron chi connectivity index (χ2n) is 4.82. The molecule has 0 bridgehead atoms. The predicted molar refractivity (Wildman–Crippen MR) is 73.9 cm³/mol. The van der Waals surface area contributed by atoms with Crippen molar-refractivity contribution >= 4 is 17.6 Å². The quantitative estimate of drug-likeness (QED) is 0.848. The second kappa shape index (κ2) is 5.92. The highest BCUT2D eigenvalue weighted by Crippen LogP contribution is 2.33. The fourth-order valence-electron chi connectivity index (χ4n) is 2.23. The molecule has 0 saturated carbocycles. The SMILES string of the molecule is CNCC(C)C(=O)N1CC(C(=O)O)Oc2ccccc21. The van der Waals surface area contributed by atoms with E-state index in [0.29, 0.717) is 18.0 Å². The van der Waals surface area contributed by atoms with Crippen LogP contribution in [0.2, 0.25) is 0 Å². The van der Waals surface area contributed by atoms with E-state index in [1.54, 1.807) is 31.3 Å². The molecule has 2 atom stereocenters. The number of aliphatic carboxylic acids is 1. The van der Waals surface area contributed by atoms with Crippen LogP contribution < -0.4 is 15.0 Å². The fourth-order valence-corrected chi connectivity index (χ4v) is 2.23. The standard InChI is InChI=1S/C14H18N2O4/c1-9(7-15-2)13(17)16-8-12(14(18)19)20-11-6-4-3-5-10(11)16/h3-6,9,12,15H,7-8H2,1-2H3,(H,18,19). The summed E-state index contributed by atoms with van der Waals surface area (Å²) in [7, 11) is 1.77. The van der Waals surface area contributed by atoms with Gasteiger partial charge < -0.3 is 20.1 Å². The fraction of sp³-hybridized carbons (Fsp3) is 0.429. The molecule has 1 aromatic carbocycles. The van der Waals surface area contributed by atoms with Gasteiger partial charge in [-0.3, -0.25) is 4.79 Å². The molecule has 0 spiro atoms. The van der Waals surface area contributed by atoms with Crippen LogP contribution in [0.4, 0.5) is 5.69 Å². The molecule has 6 heteroatoms. The van der Waals surface area contributed by atoms with E-state index in [1.807, 2.05) is 6.92 Å². The number of para-hydroxylation sites is 2. The van der Waals surface area contributed by atoms with Crippen molar-refractivity contribution in [1.82, 2.24) is 5.32 Å². The molecule has 2 unspecified atom stereocenters. The van der Waals surface area contributed by atoms with E-state index >= 15 is 0 Å². The highest BCUT2D eigenvalue weighted by molar-refractivity contribution is 5.98. The van der Waals surface area contributed by atoms with Crippen molar-refractivity contribution < 1.29 is 19.4 Å². The number of hydrogen-bond acceptors (Lipinski definition) is 4. The number of fused-ring (bicyclic) bond motifs is 1. The van der Waals surface area contributed by atoms with Gasteiger partial charge in [0.25, 0.3) is 0 Å².